The van der Waals surface area contributed by atoms with Crippen LogP contribution in [-0.4, -0.2) is 11.6 Å². The van der Waals surface area contributed by atoms with Gasteiger partial charge in [0, 0.05) is 27.1 Å². The Hall–Kier alpha value is -4.96. The number of ketones is 2. The summed E-state index contributed by atoms with van der Waals surface area (Å²) >= 11 is 1.26. The number of alkyl halides is 6. The molecule has 2 heterocycles. The fourth-order valence-electron chi connectivity index (χ4n) is 6.32. The van der Waals surface area contributed by atoms with Crippen molar-refractivity contribution < 1.29 is 35.9 Å². The number of nitrogens with zero attached hydrogens (tertiary/aromatic N) is 1. The lowest BCUT2D eigenvalue weighted by atomic mass is 9.74. The second-order valence-electron chi connectivity index (χ2n) is 11.9. The number of Topliss-reactive ketones (excluding diaryl/α,β-unsaturated/α-hetero) is 2. The van der Waals surface area contributed by atoms with E-state index in [0.29, 0.717) is 43.5 Å². The number of benzene rings is 4. The minimum Gasteiger partial charge on any atom is -0.301 e. The van der Waals surface area contributed by atoms with Crippen LogP contribution in [0.25, 0.3) is 17.2 Å². The van der Waals surface area contributed by atoms with Crippen molar-refractivity contribution in [2.75, 3.05) is 4.90 Å². The van der Waals surface area contributed by atoms with Crippen LogP contribution in [0.3, 0.4) is 0 Å². The maximum absolute atomic E-state index is 14.0. The molecule has 1 aromatic heterocycles. The maximum Gasteiger partial charge on any atom is 0.417 e. The third-order valence-electron chi connectivity index (χ3n) is 8.71. The molecule has 0 bridgehead atoms. The Bertz CT molecular complexity index is 2100. The second-order valence-corrected chi connectivity index (χ2v) is 13.0. The summed E-state index contributed by atoms with van der Waals surface area (Å²) in [4.78, 5) is 28.7. The van der Waals surface area contributed by atoms with E-state index in [0.717, 1.165) is 23.8 Å². The molecule has 1 aliphatic heterocycles. The summed E-state index contributed by atoms with van der Waals surface area (Å²) in [5, 5.41) is 0.646. The van der Waals surface area contributed by atoms with E-state index in [2.05, 4.69) is 0 Å². The highest BCUT2D eigenvalue weighted by Gasteiger charge is 2.41. The molecule has 0 fully saturated rings. The van der Waals surface area contributed by atoms with Crippen LogP contribution in [0.15, 0.2) is 103 Å². The Morgan fingerprint density at radius 1 is 0.681 bits per heavy atom. The van der Waals surface area contributed by atoms with Crippen LogP contribution in [0.2, 0.25) is 0 Å². The highest BCUT2D eigenvalue weighted by atomic mass is 32.1. The molecule has 0 unspecified atom stereocenters. The average Bonchev–Trinajstić information content (AvgIpc) is 3.56. The SMILES string of the molecule is CC1(C)c2cc(-c3ccccc3C(F)(F)F)ccc2N(c2ccc(C(F)(F)F)cc2)c2sc(C=C3C(=O)c4ccccc4C3=O)cc21. The summed E-state index contributed by atoms with van der Waals surface area (Å²) in [6.07, 6.45) is -7.61. The lowest BCUT2D eigenvalue weighted by Gasteiger charge is -2.40. The Morgan fingerprint density at radius 3 is 1.87 bits per heavy atom. The number of allylic oxidation sites excluding steroid dienone is 1. The second kappa shape index (κ2) is 10.5. The summed E-state index contributed by atoms with van der Waals surface area (Å²) in [7, 11) is 0. The highest BCUT2D eigenvalue weighted by Crippen LogP contribution is 2.56. The number of hydrogen-bond donors (Lipinski definition) is 0. The van der Waals surface area contributed by atoms with Gasteiger partial charge in [0.05, 0.1) is 22.4 Å². The van der Waals surface area contributed by atoms with Gasteiger partial charge in [0.1, 0.15) is 5.00 Å². The van der Waals surface area contributed by atoms with Crippen molar-refractivity contribution in [2.24, 2.45) is 0 Å². The zero-order valence-electron chi connectivity index (χ0n) is 24.8. The number of fused-ring (bicyclic) bond motifs is 3. The average molecular weight is 660 g/mol. The number of carbonyl (C=O) groups excluding carboxylic acids is 2. The first-order chi connectivity index (χ1) is 22.2. The van der Waals surface area contributed by atoms with Gasteiger partial charge in [-0.15, -0.1) is 11.3 Å². The van der Waals surface area contributed by atoms with Gasteiger partial charge >= 0.3 is 12.4 Å². The Labute approximate surface area is 269 Å². The van der Waals surface area contributed by atoms with Gasteiger partial charge in [0.25, 0.3) is 0 Å². The molecule has 0 atom stereocenters. The van der Waals surface area contributed by atoms with Gasteiger partial charge in [-0.2, -0.15) is 26.3 Å². The lowest BCUT2D eigenvalue weighted by Crippen LogP contribution is -2.29. The van der Waals surface area contributed by atoms with Crippen LogP contribution in [0.1, 0.15) is 61.7 Å². The summed E-state index contributed by atoms with van der Waals surface area (Å²) in [5.41, 5.74) is 0.929. The molecule has 3 nitrogen and oxygen atoms in total. The van der Waals surface area contributed by atoms with Crippen LogP contribution in [-0.2, 0) is 17.8 Å². The van der Waals surface area contributed by atoms with Crippen molar-refractivity contribution >= 4 is 45.4 Å². The zero-order valence-corrected chi connectivity index (χ0v) is 25.6. The normalized spacial score (nSPS) is 15.4. The van der Waals surface area contributed by atoms with Crippen LogP contribution in [0.4, 0.5) is 42.7 Å². The molecule has 0 N–H and O–H groups in total. The molecule has 4 aromatic carbocycles. The van der Waals surface area contributed by atoms with E-state index in [-0.39, 0.29) is 11.1 Å². The predicted octanol–water partition coefficient (Wildman–Crippen LogP) is 11.0. The largest absolute Gasteiger partial charge is 0.417 e. The third-order valence-corrected chi connectivity index (χ3v) is 9.77. The lowest BCUT2D eigenvalue weighted by molar-refractivity contribution is -0.138. The van der Waals surface area contributed by atoms with E-state index in [4.69, 9.17) is 0 Å². The minimum absolute atomic E-state index is 0.000887. The smallest absolute Gasteiger partial charge is 0.301 e. The summed E-state index contributed by atoms with van der Waals surface area (Å²) in [5.74, 6) is -0.792. The van der Waals surface area contributed by atoms with Gasteiger partial charge < -0.3 is 4.90 Å². The highest BCUT2D eigenvalue weighted by molar-refractivity contribution is 7.17. The Kier molecular flexibility index (Phi) is 6.88. The molecule has 236 valence electrons. The van der Waals surface area contributed by atoms with Crippen molar-refractivity contribution in [3.8, 4) is 11.1 Å². The van der Waals surface area contributed by atoms with E-state index in [1.165, 1.54) is 47.7 Å². The van der Waals surface area contributed by atoms with Crippen molar-refractivity contribution in [3.05, 3.63) is 141 Å². The van der Waals surface area contributed by atoms with Gasteiger partial charge in [-0.05, 0) is 76.9 Å². The molecule has 0 amide bonds. The van der Waals surface area contributed by atoms with Gasteiger partial charge in [0.2, 0.25) is 0 Å². The summed E-state index contributed by atoms with van der Waals surface area (Å²) in [6.45, 7) is 3.83. The number of rotatable bonds is 3. The number of thiophene rings is 1. The minimum atomic E-state index is -4.59. The van der Waals surface area contributed by atoms with E-state index < -0.39 is 40.5 Å². The first-order valence-electron chi connectivity index (χ1n) is 14.5. The van der Waals surface area contributed by atoms with E-state index >= 15 is 0 Å². The molecular formula is C37H23F6NO2S. The molecule has 0 saturated heterocycles. The molecule has 2 aliphatic rings. The molecule has 47 heavy (non-hydrogen) atoms. The number of halogens is 6. The van der Waals surface area contributed by atoms with E-state index in [1.54, 1.807) is 47.4 Å². The van der Waals surface area contributed by atoms with E-state index in [9.17, 15) is 35.9 Å². The fraction of sp³-hybridized carbons (Fsp3) is 0.135. The van der Waals surface area contributed by atoms with Gasteiger partial charge in [0.15, 0.2) is 11.6 Å². The fourth-order valence-corrected chi connectivity index (χ4v) is 7.62. The Balaban J connectivity index is 1.41. The first kappa shape index (κ1) is 30.7. The van der Waals surface area contributed by atoms with Gasteiger partial charge in [-0.25, -0.2) is 0 Å². The topological polar surface area (TPSA) is 37.4 Å². The Morgan fingerprint density at radius 2 is 1.28 bits per heavy atom. The summed E-state index contributed by atoms with van der Waals surface area (Å²) < 4.78 is 82.4. The van der Waals surface area contributed by atoms with Crippen LogP contribution >= 0.6 is 11.3 Å². The molecule has 1 aliphatic carbocycles. The van der Waals surface area contributed by atoms with Crippen molar-refractivity contribution in [1.29, 1.82) is 0 Å². The van der Waals surface area contributed by atoms with Crippen molar-refractivity contribution in [3.63, 3.8) is 0 Å². The monoisotopic (exact) mass is 659 g/mol. The van der Waals surface area contributed by atoms with Crippen molar-refractivity contribution in [2.45, 2.75) is 31.6 Å². The predicted molar refractivity (Wildman–Crippen MR) is 170 cm³/mol. The van der Waals surface area contributed by atoms with Crippen LogP contribution < -0.4 is 4.90 Å². The molecule has 7 rings (SSSR count). The zero-order chi connectivity index (χ0) is 33.5. The molecule has 0 radical (unpaired) electrons. The first-order valence-corrected chi connectivity index (χ1v) is 15.3. The molecule has 0 saturated carbocycles. The van der Waals surface area contributed by atoms with Crippen LogP contribution in [0, 0.1) is 0 Å². The molecule has 10 heteroatoms. The maximum atomic E-state index is 14.0. The summed E-state index contributed by atoms with van der Waals surface area (Å²) in [6, 6.07) is 23.3. The number of anilines is 3. The van der Waals surface area contributed by atoms with Crippen LogP contribution in [0.5, 0.6) is 0 Å². The number of hydrogen-bond acceptors (Lipinski definition) is 4. The molecule has 0 spiro atoms. The van der Waals surface area contributed by atoms with Gasteiger partial charge in [-0.1, -0.05) is 62.4 Å². The van der Waals surface area contributed by atoms with Gasteiger partial charge in [-0.3, -0.25) is 9.59 Å². The molecule has 5 aromatic rings. The quantitative estimate of drug-likeness (QED) is 0.110. The molecular weight excluding hydrogens is 636 g/mol. The third kappa shape index (κ3) is 4.98. The van der Waals surface area contributed by atoms with E-state index in [1.807, 2.05) is 19.9 Å². The standard InChI is InChI=1S/C37H23F6NO2S/c1-35(2)29-17-20(24-7-5-6-10-28(24)37(41,42)43)11-16-31(29)44(22-14-12-21(13-15-22)36(38,39)40)34-30(35)19-23(47-34)18-27-32(45)25-8-3-4-9-26(25)33(27)46/h3-19H,1-2H3. The number of carbonyl (C=O) groups is 2. The van der Waals surface area contributed by atoms with Crippen molar-refractivity contribution in [1.82, 2.24) is 0 Å².